The van der Waals surface area contributed by atoms with Gasteiger partial charge in [0, 0.05) is 11.1 Å². The first kappa shape index (κ1) is 19.1. The van der Waals surface area contributed by atoms with Crippen LogP contribution in [0.4, 0.5) is 0 Å². The second-order valence-electron chi connectivity index (χ2n) is 6.32. The molecule has 0 spiro atoms. The van der Waals surface area contributed by atoms with E-state index in [9.17, 15) is 4.79 Å². The summed E-state index contributed by atoms with van der Waals surface area (Å²) in [5.41, 5.74) is 1.89. The highest BCUT2D eigenvalue weighted by Crippen LogP contribution is 2.24. The van der Waals surface area contributed by atoms with Gasteiger partial charge < -0.3 is 10.1 Å². The maximum Gasteiger partial charge on any atom is 0.244 e. The smallest absolute Gasteiger partial charge is 0.244 e. The minimum Gasteiger partial charge on any atom is -0.497 e. The SMILES string of the molecule is COc1ccc([C@H](CC(C)C)NC(=O)/C=C/c2ccccc2Cl)cc1. The average molecular weight is 358 g/mol. The van der Waals surface area contributed by atoms with Gasteiger partial charge in [-0.1, -0.05) is 55.8 Å². The van der Waals surface area contributed by atoms with Crippen LogP contribution in [0, 0.1) is 5.92 Å². The first-order chi connectivity index (χ1) is 12.0. The van der Waals surface area contributed by atoms with E-state index in [0.29, 0.717) is 10.9 Å². The number of amides is 1. The molecule has 3 nitrogen and oxygen atoms in total. The largest absolute Gasteiger partial charge is 0.497 e. The maximum atomic E-state index is 12.4. The van der Waals surface area contributed by atoms with Crippen LogP contribution in [0.5, 0.6) is 5.75 Å². The van der Waals surface area contributed by atoms with Gasteiger partial charge in [-0.3, -0.25) is 4.79 Å². The van der Waals surface area contributed by atoms with E-state index < -0.39 is 0 Å². The lowest BCUT2D eigenvalue weighted by Crippen LogP contribution is -2.27. The molecule has 0 fully saturated rings. The van der Waals surface area contributed by atoms with Gasteiger partial charge in [0.1, 0.15) is 5.75 Å². The van der Waals surface area contributed by atoms with Gasteiger partial charge in [0.2, 0.25) is 5.91 Å². The van der Waals surface area contributed by atoms with Crippen molar-refractivity contribution in [3.63, 3.8) is 0 Å². The Labute approximate surface area is 154 Å². The van der Waals surface area contributed by atoms with Crippen molar-refractivity contribution in [1.82, 2.24) is 5.32 Å². The fraction of sp³-hybridized carbons (Fsp3) is 0.286. The molecule has 0 radical (unpaired) electrons. The minimum atomic E-state index is -0.138. The predicted molar refractivity (Wildman–Crippen MR) is 104 cm³/mol. The van der Waals surface area contributed by atoms with Crippen LogP contribution in [0.15, 0.2) is 54.6 Å². The molecule has 0 saturated carbocycles. The van der Waals surface area contributed by atoms with Gasteiger partial charge in [0.25, 0.3) is 0 Å². The second kappa shape index (κ2) is 9.28. The highest BCUT2D eigenvalue weighted by Gasteiger charge is 2.15. The van der Waals surface area contributed by atoms with E-state index >= 15 is 0 Å². The van der Waals surface area contributed by atoms with Crippen LogP contribution in [-0.4, -0.2) is 13.0 Å². The summed E-state index contributed by atoms with van der Waals surface area (Å²) in [4.78, 5) is 12.4. The first-order valence-electron chi connectivity index (χ1n) is 8.36. The van der Waals surface area contributed by atoms with Crippen molar-refractivity contribution < 1.29 is 9.53 Å². The average Bonchev–Trinajstić information content (AvgIpc) is 2.60. The number of rotatable bonds is 7. The number of carbonyl (C=O) groups is 1. The first-order valence-corrected chi connectivity index (χ1v) is 8.74. The summed E-state index contributed by atoms with van der Waals surface area (Å²) in [6.07, 6.45) is 4.12. The standard InChI is InChI=1S/C21H24ClNO2/c1-15(2)14-20(17-8-11-18(25-3)12-9-17)23-21(24)13-10-16-6-4-5-7-19(16)22/h4-13,15,20H,14H2,1-3H3,(H,23,24)/b13-10+/t20-/m0/s1. The normalized spacial score (nSPS) is 12.4. The number of halogens is 1. The van der Waals surface area contributed by atoms with Crippen molar-refractivity contribution in [2.24, 2.45) is 5.92 Å². The Balaban J connectivity index is 2.10. The fourth-order valence-electron chi connectivity index (χ4n) is 2.58. The van der Waals surface area contributed by atoms with Gasteiger partial charge in [-0.25, -0.2) is 0 Å². The van der Waals surface area contributed by atoms with E-state index in [1.807, 2.05) is 42.5 Å². The molecule has 1 N–H and O–H groups in total. The maximum absolute atomic E-state index is 12.4. The molecular formula is C21H24ClNO2. The minimum absolute atomic E-state index is 0.0469. The van der Waals surface area contributed by atoms with E-state index in [1.165, 1.54) is 6.08 Å². The molecule has 4 heteroatoms. The van der Waals surface area contributed by atoms with E-state index in [-0.39, 0.29) is 11.9 Å². The number of benzene rings is 2. The Morgan fingerprint density at radius 3 is 2.44 bits per heavy atom. The second-order valence-corrected chi connectivity index (χ2v) is 6.73. The van der Waals surface area contributed by atoms with Crippen molar-refractivity contribution in [1.29, 1.82) is 0 Å². The Morgan fingerprint density at radius 2 is 1.84 bits per heavy atom. The van der Waals surface area contributed by atoms with Crippen molar-refractivity contribution in [2.75, 3.05) is 7.11 Å². The van der Waals surface area contributed by atoms with Crippen LogP contribution in [-0.2, 0) is 4.79 Å². The van der Waals surface area contributed by atoms with Gasteiger partial charge in [0.15, 0.2) is 0 Å². The molecule has 132 valence electrons. The van der Waals surface area contributed by atoms with Crippen molar-refractivity contribution in [2.45, 2.75) is 26.3 Å². The van der Waals surface area contributed by atoms with Crippen LogP contribution in [0.1, 0.15) is 37.4 Å². The van der Waals surface area contributed by atoms with E-state index in [0.717, 1.165) is 23.3 Å². The Morgan fingerprint density at radius 1 is 1.16 bits per heavy atom. The zero-order valence-electron chi connectivity index (χ0n) is 14.8. The fourth-order valence-corrected chi connectivity index (χ4v) is 2.78. The number of carbonyl (C=O) groups excluding carboxylic acids is 1. The molecule has 0 saturated heterocycles. The van der Waals surface area contributed by atoms with Gasteiger partial charge in [0.05, 0.1) is 13.2 Å². The van der Waals surface area contributed by atoms with E-state index in [1.54, 1.807) is 19.3 Å². The molecule has 2 aromatic carbocycles. The van der Waals surface area contributed by atoms with Crippen molar-refractivity contribution >= 4 is 23.6 Å². The summed E-state index contributed by atoms with van der Waals surface area (Å²) in [7, 11) is 1.64. The number of hydrogen-bond donors (Lipinski definition) is 1. The number of methoxy groups -OCH3 is 1. The summed E-state index contributed by atoms with van der Waals surface area (Å²) in [5, 5.41) is 3.71. The number of nitrogens with one attached hydrogen (secondary N) is 1. The molecule has 1 amide bonds. The topological polar surface area (TPSA) is 38.3 Å². The van der Waals surface area contributed by atoms with Crippen LogP contribution in [0.2, 0.25) is 5.02 Å². The summed E-state index contributed by atoms with van der Waals surface area (Å²) < 4.78 is 5.20. The molecular weight excluding hydrogens is 334 g/mol. The zero-order valence-corrected chi connectivity index (χ0v) is 15.6. The molecule has 0 aliphatic rings. The molecule has 0 aliphatic heterocycles. The Kier molecular flexibility index (Phi) is 7.08. The molecule has 0 aliphatic carbocycles. The number of hydrogen-bond acceptors (Lipinski definition) is 2. The van der Waals surface area contributed by atoms with Crippen LogP contribution >= 0.6 is 11.6 Å². The van der Waals surface area contributed by atoms with E-state index in [2.05, 4.69) is 19.2 Å². The van der Waals surface area contributed by atoms with Gasteiger partial charge in [-0.2, -0.15) is 0 Å². The van der Waals surface area contributed by atoms with Crippen molar-refractivity contribution in [3.8, 4) is 5.75 Å². The molecule has 1 atom stereocenters. The molecule has 2 aromatic rings. The van der Waals surface area contributed by atoms with Gasteiger partial charge >= 0.3 is 0 Å². The lowest BCUT2D eigenvalue weighted by molar-refractivity contribution is -0.117. The quantitative estimate of drug-likeness (QED) is 0.686. The monoisotopic (exact) mass is 357 g/mol. The van der Waals surface area contributed by atoms with Crippen LogP contribution in [0.3, 0.4) is 0 Å². The molecule has 0 unspecified atom stereocenters. The molecule has 25 heavy (non-hydrogen) atoms. The molecule has 0 aromatic heterocycles. The summed E-state index contributed by atoms with van der Waals surface area (Å²) in [6, 6.07) is 15.2. The molecule has 0 bridgehead atoms. The van der Waals surface area contributed by atoms with Gasteiger partial charge in [-0.05, 0) is 47.7 Å². The number of ether oxygens (including phenoxy) is 1. The molecule has 2 rings (SSSR count). The third-order valence-electron chi connectivity index (χ3n) is 3.86. The predicted octanol–water partition coefficient (Wildman–Crippen LogP) is 5.27. The summed E-state index contributed by atoms with van der Waals surface area (Å²) in [6.45, 7) is 4.28. The highest BCUT2D eigenvalue weighted by atomic mass is 35.5. The lowest BCUT2D eigenvalue weighted by atomic mass is 9.97. The third kappa shape index (κ3) is 5.95. The summed E-state index contributed by atoms with van der Waals surface area (Å²) >= 11 is 6.11. The Bertz CT molecular complexity index is 723. The Hall–Kier alpha value is -2.26. The summed E-state index contributed by atoms with van der Waals surface area (Å²) in [5.74, 6) is 1.12. The van der Waals surface area contributed by atoms with Crippen molar-refractivity contribution in [3.05, 3.63) is 70.8 Å². The third-order valence-corrected chi connectivity index (χ3v) is 4.21. The highest BCUT2D eigenvalue weighted by molar-refractivity contribution is 6.32. The zero-order chi connectivity index (χ0) is 18.2. The van der Waals surface area contributed by atoms with Crippen LogP contribution in [0.25, 0.3) is 6.08 Å². The van der Waals surface area contributed by atoms with E-state index in [4.69, 9.17) is 16.3 Å². The van der Waals surface area contributed by atoms with Crippen LogP contribution < -0.4 is 10.1 Å². The molecule has 0 heterocycles. The van der Waals surface area contributed by atoms with Gasteiger partial charge in [-0.15, -0.1) is 0 Å². The lowest BCUT2D eigenvalue weighted by Gasteiger charge is -2.20.